The van der Waals surface area contributed by atoms with Gasteiger partial charge in [-0.25, -0.2) is 0 Å². The molecule has 18 heteroatoms. The van der Waals surface area contributed by atoms with Gasteiger partial charge in [-0.2, -0.15) is 0 Å². The topological polar surface area (TPSA) is 267 Å². The van der Waals surface area contributed by atoms with Gasteiger partial charge in [-0.3, -0.25) is 14.4 Å². The van der Waals surface area contributed by atoms with E-state index in [4.69, 9.17) is 88.0 Å². The first-order valence-corrected chi connectivity index (χ1v) is 15.5. The highest BCUT2D eigenvalue weighted by Gasteiger charge is 1.87. The summed E-state index contributed by atoms with van der Waals surface area (Å²) in [6.45, 7) is 20.7. The number of aliphatic hydroxyl groups excluding tert-OH is 4. The molecule has 0 saturated carbocycles. The minimum atomic E-state index is -0.833. The Morgan fingerprint density at radius 2 is 0.458 bits per heavy atom. The summed E-state index contributed by atoms with van der Waals surface area (Å²) in [7, 11) is 0. The second kappa shape index (κ2) is 71.1. The molecule has 0 radical (unpaired) electrons. The lowest BCUT2D eigenvalue weighted by atomic mass is 10.7. The van der Waals surface area contributed by atoms with Crippen LogP contribution in [0.25, 0.3) is 0 Å². The summed E-state index contributed by atoms with van der Waals surface area (Å²) in [5.41, 5.74) is 0. The second-order valence-corrected chi connectivity index (χ2v) is 7.69. The van der Waals surface area contributed by atoms with Crippen LogP contribution in [-0.4, -0.2) is 186 Å². The predicted octanol–water partition coefficient (Wildman–Crippen LogP) is 0.400. The number of aliphatic hydroxyl groups is 4. The van der Waals surface area contributed by atoms with Gasteiger partial charge in [0, 0.05) is 47.2 Å². The summed E-state index contributed by atoms with van der Waals surface area (Å²) in [4.78, 5) is 27.0. The number of hydrogen-bond acceptors (Lipinski definition) is 15. The van der Waals surface area contributed by atoms with E-state index in [0.717, 1.165) is 47.2 Å². The SMILES string of the molecule is CC(=O)O.CC(=O)O.CC(=O)O.CCOCCOCCO.CCOCCOCCO.CCOCCOCCO.CCOCCOCCO. The van der Waals surface area contributed by atoms with Gasteiger partial charge in [0.2, 0.25) is 0 Å². The van der Waals surface area contributed by atoms with Gasteiger partial charge in [0.25, 0.3) is 17.9 Å². The van der Waals surface area contributed by atoms with Gasteiger partial charge in [0.15, 0.2) is 0 Å². The van der Waals surface area contributed by atoms with Gasteiger partial charge >= 0.3 is 0 Å². The summed E-state index contributed by atoms with van der Waals surface area (Å²) in [5.74, 6) is -2.50. The number of aliphatic carboxylic acids is 3. The van der Waals surface area contributed by atoms with Crippen molar-refractivity contribution in [2.75, 3.05) is 132 Å². The summed E-state index contributed by atoms with van der Waals surface area (Å²) in [6.07, 6.45) is 0. The fourth-order valence-corrected chi connectivity index (χ4v) is 1.72. The van der Waals surface area contributed by atoms with Crippen molar-refractivity contribution in [3.63, 3.8) is 0 Å². The van der Waals surface area contributed by atoms with Crippen LogP contribution < -0.4 is 0 Å². The van der Waals surface area contributed by atoms with E-state index in [1.54, 1.807) is 0 Å². The van der Waals surface area contributed by atoms with E-state index in [0.29, 0.717) is 79.3 Å². The molecule has 0 aliphatic rings. The first-order chi connectivity index (χ1) is 22.9. The van der Waals surface area contributed by atoms with Crippen LogP contribution in [0.2, 0.25) is 0 Å². The lowest BCUT2D eigenvalue weighted by Crippen LogP contribution is -2.06. The number of ether oxygens (including phenoxy) is 8. The zero-order valence-electron chi connectivity index (χ0n) is 30.3. The van der Waals surface area contributed by atoms with Gasteiger partial charge in [0.1, 0.15) is 0 Å². The lowest BCUT2D eigenvalue weighted by Gasteiger charge is -2.00. The van der Waals surface area contributed by atoms with Crippen molar-refractivity contribution < 1.29 is 88.0 Å². The molecule has 48 heavy (non-hydrogen) atoms. The molecule has 7 N–H and O–H groups in total. The fraction of sp³-hybridized carbons (Fsp3) is 0.900. The Morgan fingerprint density at radius 3 is 0.562 bits per heavy atom. The van der Waals surface area contributed by atoms with Gasteiger partial charge < -0.3 is 73.6 Å². The smallest absolute Gasteiger partial charge is 0.300 e. The molecule has 0 aromatic heterocycles. The van der Waals surface area contributed by atoms with E-state index in [1.807, 2.05) is 27.7 Å². The fourth-order valence-electron chi connectivity index (χ4n) is 1.72. The van der Waals surface area contributed by atoms with E-state index in [9.17, 15) is 0 Å². The molecular formula is C30H68O18. The molecule has 0 unspecified atom stereocenters. The van der Waals surface area contributed by atoms with Crippen LogP contribution in [0.15, 0.2) is 0 Å². The molecule has 0 fully saturated rings. The summed E-state index contributed by atoms with van der Waals surface area (Å²) < 4.78 is 39.5. The van der Waals surface area contributed by atoms with Crippen molar-refractivity contribution in [1.29, 1.82) is 0 Å². The van der Waals surface area contributed by atoms with E-state index in [-0.39, 0.29) is 26.4 Å². The number of carboxylic acid groups (broad SMARTS) is 3. The van der Waals surface area contributed by atoms with E-state index >= 15 is 0 Å². The number of carboxylic acids is 3. The van der Waals surface area contributed by atoms with E-state index in [2.05, 4.69) is 0 Å². The Bertz CT molecular complexity index is 421. The first kappa shape index (κ1) is 61.2. The van der Waals surface area contributed by atoms with Gasteiger partial charge in [-0.15, -0.1) is 0 Å². The molecule has 18 nitrogen and oxygen atoms in total. The monoisotopic (exact) mass is 716 g/mol. The Labute approximate surface area is 286 Å². The Kier molecular flexibility index (Phi) is 90.6. The quantitative estimate of drug-likeness (QED) is 0.0666. The van der Waals surface area contributed by atoms with Crippen molar-refractivity contribution in [1.82, 2.24) is 0 Å². The third-order valence-electron chi connectivity index (χ3n) is 3.25. The molecule has 0 amide bonds. The summed E-state index contributed by atoms with van der Waals surface area (Å²) in [5, 5.41) is 55.3. The average Bonchev–Trinajstić information content (AvgIpc) is 3.01. The van der Waals surface area contributed by atoms with Crippen molar-refractivity contribution >= 4 is 17.9 Å². The average molecular weight is 717 g/mol. The summed E-state index contributed by atoms with van der Waals surface area (Å²) >= 11 is 0. The maximum Gasteiger partial charge on any atom is 0.300 e. The third kappa shape index (κ3) is 168. The Hall–Kier alpha value is -2.07. The van der Waals surface area contributed by atoms with Crippen molar-refractivity contribution in [3.05, 3.63) is 0 Å². The third-order valence-corrected chi connectivity index (χ3v) is 3.25. The molecule has 0 aliphatic heterocycles. The maximum atomic E-state index is 9.00. The highest BCUT2D eigenvalue weighted by molar-refractivity contribution is 5.63. The molecule has 296 valence electrons. The molecule has 0 heterocycles. The number of rotatable bonds is 24. The minimum absolute atomic E-state index is 0.0894. The summed E-state index contributed by atoms with van der Waals surface area (Å²) in [6, 6.07) is 0. The first-order valence-electron chi connectivity index (χ1n) is 15.5. The molecule has 0 atom stereocenters. The van der Waals surface area contributed by atoms with Gasteiger partial charge in [-0.05, 0) is 27.7 Å². The number of carbonyl (C=O) groups is 3. The molecule has 0 bridgehead atoms. The van der Waals surface area contributed by atoms with Crippen LogP contribution in [0.5, 0.6) is 0 Å². The van der Waals surface area contributed by atoms with Crippen LogP contribution in [0.3, 0.4) is 0 Å². The van der Waals surface area contributed by atoms with Crippen molar-refractivity contribution in [3.8, 4) is 0 Å². The highest BCUT2D eigenvalue weighted by atomic mass is 16.5. The second-order valence-electron chi connectivity index (χ2n) is 7.69. The zero-order chi connectivity index (χ0) is 38.5. The van der Waals surface area contributed by atoms with E-state index in [1.165, 1.54) is 0 Å². The zero-order valence-corrected chi connectivity index (χ0v) is 30.3. The van der Waals surface area contributed by atoms with Crippen molar-refractivity contribution in [2.24, 2.45) is 0 Å². The van der Waals surface area contributed by atoms with Crippen LogP contribution in [0.4, 0.5) is 0 Å². The molecular weight excluding hydrogens is 648 g/mol. The van der Waals surface area contributed by atoms with Crippen LogP contribution in [-0.2, 0) is 52.3 Å². The Balaban J connectivity index is -0.0000000841. The largest absolute Gasteiger partial charge is 0.481 e. The highest BCUT2D eigenvalue weighted by Crippen LogP contribution is 1.78. The molecule has 0 saturated heterocycles. The van der Waals surface area contributed by atoms with Crippen molar-refractivity contribution in [2.45, 2.75) is 48.5 Å². The molecule has 0 rings (SSSR count). The lowest BCUT2D eigenvalue weighted by molar-refractivity contribution is -0.135. The molecule has 0 aliphatic carbocycles. The standard InChI is InChI=1S/4C6H14O3.3C2H4O2/c4*1-2-8-5-6-9-4-3-7;3*1-2(3)4/h4*7H,2-6H2,1H3;3*1H3,(H,3,4). The van der Waals surface area contributed by atoms with E-state index < -0.39 is 17.9 Å². The normalized spacial score (nSPS) is 9.06. The number of hydrogen-bond donors (Lipinski definition) is 7. The van der Waals surface area contributed by atoms with Crippen LogP contribution in [0.1, 0.15) is 48.5 Å². The van der Waals surface area contributed by atoms with Crippen LogP contribution >= 0.6 is 0 Å². The Morgan fingerprint density at radius 1 is 0.333 bits per heavy atom. The molecule has 0 aromatic carbocycles. The molecule has 0 aromatic rings. The van der Waals surface area contributed by atoms with Crippen LogP contribution in [0, 0.1) is 0 Å². The minimum Gasteiger partial charge on any atom is -0.481 e. The maximum absolute atomic E-state index is 9.00. The van der Waals surface area contributed by atoms with Gasteiger partial charge in [0.05, 0.1) is 106 Å². The van der Waals surface area contributed by atoms with Gasteiger partial charge in [-0.1, -0.05) is 0 Å². The molecule has 0 spiro atoms. The predicted molar refractivity (Wildman–Crippen MR) is 178 cm³/mol.